The Bertz CT molecular complexity index is 664. The number of aromatic nitrogens is 2. The van der Waals surface area contributed by atoms with Crippen LogP contribution in [0.15, 0.2) is 30.3 Å². The van der Waals surface area contributed by atoms with Crippen LogP contribution in [0.1, 0.15) is 34.7 Å². The summed E-state index contributed by atoms with van der Waals surface area (Å²) in [4.78, 5) is 23.5. The molecule has 7 heteroatoms. The second kappa shape index (κ2) is 6.75. The van der Waals surface area contributed by atoms with Crippen LogP contribution in [0.2, 0.25) is 0 Å². The molecule has 3 N–H and O–H groups in total. The van der Waals surface area contributed by atoms with Crippen LogP contribution in [0.3, 0.4) is 0 Å². The summed E-state index contributed by atoms with van der Waals surface area (Å²) in [6, 6.07) is 6.92. The molecular weight excluding hydrogens is 286 g/mol. The predicted octanol–water partition coefficient (Wildman–Crippen LogP) is 1.54. The summed E-state index contributed by atoms with van der Waals surface area (Å²) in [6.45, 7) is 1.92. The van der Waals surface area contributed by atoms with Gasteiger partial charge in [-0.3, -0.25) is 9.89 Å². The third-order valence-corrected chi connectivity index (χ3v) is 3.22. The van der Waals surface area contributed by atoms with Gasteiger partial charge in [-0.2, -0.15) is 5.10 Å². The van der Waals surface area contributed by atoms with Gasteiger partial charge in [0.1, 0.15) is 11.4 Å². The molecule has 1 aromatic heterocycles. The number of carboxylic acids is 1. The second-order valence-electron chi connectivity index (χ2n) is 4.65. The monoisotopic (exact) mass is 303 g/mol. The molecule has 116 valence electrons. The molecule has 0 spiro atoms. The highest BCUT2D eigenvalue weighted by molar-refractivity contribution is 5.95. The van der Waals surface area contributed by atoms with Crippen LogP contribution < -0.4 is 10.1 Å². The number of H-pyrrole nitrogens is 1. The van der Waals surface area contributed by atoms with Crippen LogP contribution in [0.5, 0.6) is 5.75 Å². The van der Waals surface area contributed by atoms with Gasteiger partial charge in [-0.25, -0.2) is 4.79 Å². The van der Waals surface area contributed by atoms with E-state index in [2.05, 4.69) is 15.5 Å². The highest BCUT2D eigenvalue weighted by Crippen LogP contribution is 2.18. The standard InChI is InChI=1S/C15H17N3O4/c1-3-10-8-12(18-17-10)14(19)16-13(15(20)21)9-4-6-11(22-2)7-5-9/h4-8,13H,3H2,1-2H3,(H,16,19)(H,17,18)(H,20,21). The summed E-state index contributed by atoms with van der Waals surface area (Å²) >= 11 is 0. The first-order valence-corrected chi connectivity index (χ1v) is 6.77. The summed E-state index contributed by atoms with van der Waals surface area (Å²) in [6.07, 6.45) is 0.709. The van der Waals surface area contributed by atoms with Gasteiger partial charge in [-0.05, 0) is 30.2 Å². The number of carboxylic acid groups (broad SMARTS) is 1. The minimum Gasteiger partial charge on any atom is -0.497 e. The molecule has 22 heavy (non-hydrogen) atoms. The van der Waals surface area contributed by atoms with E-state index in [1.807, 2.05) is 6.92 Å². The first kappa shape index (κ1) is 15.6. The number of carbonyl (C=O) groups is 2. The molecule has 1 unspecified atom stereocenters. The fourth-order valence-electron chi connectivity index (χ4n) is 1.95. The van der Waals surface area contributed by atoms with E-state index in [0.717, 1.165) is 5.69 Å². The Kier molecular flexibility index (Phi) is 4.77. The smallest absolute Gasteiger partial charge is 0.330 e. The molecule has 1 atom stereocenters. The molecular formula is C15H17N3O4. The molecule has 1 amide bonds. The van der Waals surface area contributed by atoms with Crippen LogP contribution >= 0.6 is 0 Å². The number of aliphatic carboxylic acids is 1. The Balaban J connectivity index is 2.17. The normalized spacial score (nSPS) is 11.7. The Labute approximate surface area is 127 Å². The van der Waals surface area contributed by atoms with Crippen molar-refractivity contribution in [2.75, 3.05) is 7.11 Å². The fourth-order valence-corrected chi connectivity index (χ4v) is 1.95. The van der Waals surface area contributed by atoms with Crippen molar-refractivity contribution < 1.29 is 19.4 Å². The number of methoxy groups -OCH3 is 1. The van der Waals surface area contributed by atoms with Gasteiger partial charge < -0.3 is 15.2 Å². The molecule has 0 fully saturated rings. The number of ether oxygens (including phenoxy) is 1. The van der Waals surface area contributed by atoms with Crippen LogP contribution in [0, 0.1) is 0 Å². The molecule has 0 aliphatic heterocycles. The Morgan fingerprint density at radius 1 is 1.36 bits per heavy atom. The molecule has 0 radical (unpaired) electrons. The van der Waals surface area contributed by atoms with E-state index >= 15 is 0 Å². The summed E-state index contributed by atoms with van der Waals surface area (Å²) < 4.78 is 5.03. The van der Waals surface area contributed by atoms with E-state index in [-0.39, 0.29) is 5.69 Å². The van der Waals surface area contributed by atoms with Crippen molar-refractivity contribution >= 4 is 11.9 Å². The number of amides is 1. The van der Waals surface area contributed by atoms with E-state index in [0.29, 0.717) is 17.7 Å². The van der Waals surface area contributed by atoms with Gasteiger partial charge in [0.2, 0.25) is 0 Å². The maximum absolute atomic E-state index is 12.1. The Morgan fingerprint density at radius 2 is 2.05 bits per heavy atom. The summed E-state index contributed by atoms with van der Waals surface area (Å²) in [5.41, 5.74) is 1.42. The molecule has 1 heterocycles. The van der Waals surface area contributed by atoms with Crippen molar-refractivity contribution in [1.29, 1.82) is 0 Å². The van der Waals surface area contributed by atoms with E-state index in [1.165, 1.54) is 7.11 Å². The van der Waals surface area contributed by atoms with E-state index in [4.69, 9.17) is 4.74 Å². The van der Waals surface area contributed by atoms with E-state index < -0.39 is 17.9 Å². The lowest BCUT2D eigenvalue weighted by atomic mass is 10.1. The zero-order valence-corrected chi connectivity index (χ0v) is 12.3. The minimum atomic E-state index is -1.15. The molecule has 0 bridgehead atoms. The lowest BCUT2D eigenvalue weighted by Crippen LogP contribution is -2.33. The molecule has 0 saturated carbocycles. The van der Waals surface area contributed by atoms with Gasteiger partial charge in [-0.1, -0.05) is 19.1 Å². The first-order chi connectivity index (χ1) is 10.5. The number of aryl methyl sites for hydroxylation is 1. The highest BCUT2D eigenvalue weighted by Gasteiger charge is 2.23. The van der Waals surface area contributed by atoms with Crippen molar-refractivity contribution in [3.63, 3.8) is 0 Å². The van der Waals surface area contributed by atoms with Crippen LogP contribution in [0.4, 0.5) is 0 Å². The van der Waals surface area contributed by atoms with E-state index in [9.17, 15) is 14.7 Å². The van der Waals surface area contributed by atoms with Crippen molar-refractivity contribution in [1.82, 2.24) is 15.5 Å². The van der Waals surface area contributed by atoms with Gasteiger partial charge in [-0.15, -0.1) is 0 Å². The zero-order valence-electron chi connectivity index (χ0n) is 12.3. The summed E-state index contributed by atoms with van der Waals surface area (Å²) in [7, 11) is 1.52. The van der Waals surface area contributed by atoms with Gasteiger partial charge in [0.25, 0.3) is 5.91 Å². The lowest BCUT2D eigenvalue weighted by Gasteiger charge is -2.14. The molecule has 2 aromatic rings. The Morgan fingerprint density at radius 3 is 2.55 bits per heavy atom. The van der Waals surface area contributed by atoms with Gasteiger partial charge in [0.05, 0.1) is 7.11 Å². The fraction of sp³-hybridized carbons (Fsp3) is 0.267. The molecule has 2 rings (SSSR count). The molecule has 7 nitrogen and oxygen atoms in total. The number of benzene rings is 1. The molecule has 0 aliphatic carbocycles. The number of hydrogen-bond acceptors (Lipinski definition) is 4. The molecule has 0 saturated heterocycles. The van der Waals surface area contributed by atoms with Crippen molar-refractivity contribution in [2.45, 2.75) is 19.4 Å². The third-order valence-electron chi connectivity index (χ3n) is 3.22. The quantitative estimate of drug-likeness (QED) is 0.751. The number of nitrogens with one attached hydrogen (secondary N) is 2. The number of nitrogens with zero attached hydrogens (tertiary/aromatic N) is 1. The number of aromatic amines is 1. The SMILES string of the molecule is CCc1cc(C(=O)NC(C(=O)O)c2ccc(OC)cc2)n[nH]1. The van der Waals surface area contributed by atoms with Crippen molar-refractivity contribution in [3.05, 3.63) is 47.3 Å². The summed E-state index contributed by atoms with van der Waals surface area (Å²) in [5, 5.41) is 18.4. The number of hydrogen-bond donors (Lipinski definition) is 3. The van der Waals surface area contributed by atoms with Crippen molar-refractivity contribution in [2.24, 2.45) is 0 Å². The van der Waals surface area contributed by atoms with Gasteiger partial charge in [0.15, 0.2) is 6.04 Å². The minimum absolute atomic E-state index is 0.164. The maximum atomic E-state index is 12.1. The highest BCUT2D eigenvalue weighted by atomic mass is 16.5. The average molecular weight is 303 g/mol. The zero-order chi connectivity index (χ0) is 16.1. The lowest BCUT2D eigenvalue weighted by molar-refractivity contribution is -0.139. The van der Waals surface area contributed by atoms with Crippen LogP contribution in [0.25, 0.3) is 0 Å². The molecule has 1 aromatic carbocycles. The van der Waals surface area contributed by atoms with Crippen molar-refractivity contribution in [3.8, 4) is 5.75 Å². The third kappa shape index (κ3) is 3.43. The predicted molar refractivity (Wildman–Crippen MR) is 78.8 cm³/mol. The second-order valence-corrected chi connectivity index (χ2v) is 4.65. The van der Waals surface area contributed by atoms with Crippen LogP contribution in [-0.2, 0) is 11.2 Å². The molecule has 0 aliphatic rings. The van der Waals surface area contributed by atoms with Crippen LogP contribution in [-0.4, -0.2) is 34.3 Å². The summed E-state index contributed by atoms with van der Waals surface area (Å²) in [5.74, 6) is -1.08. The number of carbonyl (C=O) groups excluding carboxylic acids is 1. The largest absolute Gasteiger partial charge is 0.497 e. The Hall–Kier alpha value is -2.83. The van der Waals surface area contributed by atoms with Gasteiger partial charge >= 0.3 is 5.97 Å². The first-order valence-electron chi connectivity index (χ1n) is 6.77. The average Bonchev–Trinajstić information content (AvgIpc) is 3.01. The topological polar surface area (TPSA) is 104 Å². The maximum Gasteiger partial charge on any atom is 0.330 e. The van der Waals surface area contributed by atoms with Gasteiger partial charge in [0, 0.05) is 5.69 Å². The van der Waals surface area contributed by atoms with E-state index in [1.54, 1.807) is 30.3 Å². The number of rotatable bonds is 6.